The van der Waals surface area contributed by atoms with E-state index >= 15 is 0 Å². The van der Waals surface area contributed by atoms with Gasteiger partial charge in [-0.25, -0.2) is 4.79 Å². The van der Waals surface area contributed by atoms with Gasteiger partial charge in [0.1, 0.15) is 5.69 Å². The van der Waals surface area contributed by atoms with Crippen molar-refractivity contribution in [2.75, 3.05) is 6.61 Å². The Hall–Kier alpha value is -1.48. The number of halogens is 1. The molecule has 0 bridgehead atoms. The number of aromatic amines is 1. The molecular weight excluding hydrogens is 226 g/mol. The van der Waals surface area contributed by atoms with Crippen molar-refractivity contribution in [2.45, 2.75) is 13.8 Å². The molecule has 1 aromatic carbocycles. The fourth-order valence-corrected chi connectivity index (χ4v) is 1.75. The Balaban J connectivity index is 2.48. The van der Waals surface area contributed by atoms with Crippen LogP contribution in [0, 0.1) is 6.92 Å². The maximum Gasteiger partial charge on any atom is 0.354 e. The molecule has 0 saturated carbocycles. The highest BCUT2D eigenvalue weighted by atomic mass is 35.5. The molecule has 1 N–H and O–H groups in total. The first-order chi connectivity index (χ1) is 7.61. The summed E-state index contributed by atoms with van der Waals surface area (Å²) in [6.07, 6.45) is 0. The highest BCUT2D eigenvalue weighted by molar-refractivity contribution is 6.32. The first kappa shape index (κ1) is 11.0. The summed E-state index contributed by atoms with van der Waals surface area (Å²) in [6.45, 7) is 4.07. The Morgan fingerprint density at radius 2 is 2.19 bits per heavy atom. The van der Waals surface area contributed by atoms with Crippen molar-refractivity contribution in [3.8, 4) is 0 Å². The topological polar surface area (TPSA) is 42.1 Å². The van der Waals surface area contributed by atoms with Gasteiger partial charge in [-0.1, -0.05) is 11.6 Å². The van der Waals surface area contributed by atoms with E-state index in [1.807, 2.05) is 19.1 Å². The SMILES string of the molecule is CCOC(=O)c1cc2cc(Cl)c(C)cc2[nH]1. The van der Waals surface area contributed by atoms with E-state index in [2.05, 4.69) is 4.98 Å². The van der Waals surface area contributed by atoms with Gasteiger partial charge in [-0.2, -0.15) is 0 Å². The van der Waals surface area contributed by atoms with E-state index in [0.717, 1.165) is 16.5 Å². The lowest BCUT2D eigenvalue weighted by molar-refractivity contribution is 0.0520. The van der Waals surface area contributed by atoms with E-state index in [1.165, 1.54) is 0 Å². The standard InChI is InChI=1S/C12H12ClNO2/c1-3-16-12(15)11-6-8-5-9(13)7(2)4-10(8)14-11/h4-6,14H,3H2,1-2H3. The zero-order chi connectivity index (χ0) is 11.7. The molecule has 0 spiro atoms. The third-order valence-electron chi connectivity index (χ3n) is 2.40. The summed E-state index contributed by atoms with van der Waals surface area (Å²) in [5.41, 5.74) is 2.33. The van der Waals surface area contributed by atoms with Crippen LogP contribution in [0.3, 0.4) is 0 Å². The van der Waals surface area contributed by atoms with Gasteiger partial charge in [0, 0.05) is 15.9 Å². The molecule has 4 heteroatoms. The number of aromatic nitrogens is 1. The van der Waals surface area contributed by atoms with Gasteiger partial charge in [0.05, 0.1) is 6.61 Å². The van der Waals surface area contributed by atoms with Crippen LogP contribution in [0.5, 0.6) is 0 Å². The van der Waals surface area contributed by atoms with E-state index in [-0.39, 0.29) is 5.97 Å². The van der Waals surface area contributed by atoms with Crippen molar-refractivity contribution < 1.29 is 9.53 Å². The molecule has 2 aromatic rings. The minimum Gasteiger partial charge on any atom is -0.461 e. The molecule has 1 heterocycles. The van der Waals surface area contributed by atoms with Crippen molar-refractivity contribution in [1.29, 1.82) is 0 Å². The summed E-state index contributed by atoms with van der Waals surface area (Å²) in [5.74, 6) is -0.340. The van der Waals surface area contributed by atoms with E-state index in [9.17, 15) is 4.79 Å². The number of rotatable bonds is 2. The second kappa shape index (κ2) is 4.18. The summed E-state index contributed by atoms with van der Waals surface area (Å²) in [5, 5.41) is 1.61. The highest BCUT2D eigenvalue weighted by Crippen LogP contribution is 2.24. The summed E-state index contributed by atoms with van der Waals surface area (Å²) >= 11 is 6.01. The first-order valence-electron chi connectivity index (χ1n) is 5.08. The average molecular weight is 238 g/mol. The zero-order valence-electron chi connectivity index (χ0n) is 9.13. The molecule has 0 amide bonds. The lowest BCUT2D eigenvalue weighted by Crippen LogP contribution is -2.04. The molecule has 0 radical (unpaired) electrons. The summed E-state index contributed by atoms with van der Waals surface area (Å²) in [7, 11) is 0. The molecule has 3 nitrogen and oxygen atoms in total. The quantitative estimate of drug-likeness (QED) is 0.815. The Bertz CT molecular complexity index is 506. The van der Waals surface area contributed by atoms with Crippen LogP contribution >= 0.6 is 11.6 Å². The average Bonchev–Trinajstić information content (AvgIpc) is 2.62. The molecule has 84 valence electrons. The third kappa shape index (κ3) is 1.91. The molecule has 1 aromatic heterocycles. The number of esters is 1. The maximum absolute atomic E-state index is 11.5. The summed E-state index contributed by atoms with van der Waals surface area (Å²) in [4.78, 5) is 14.5. The van der Waals surface area contributed by atoms with Crippen LogP contribution < -0.4 is 0 Å². The van der Waals surface area contributed by atoms with Crippen molar-refractivity contribution in [3.63, 3.8) is 0 Å². The van der Waals surface area contributed by atoms with Gasteiger partial charge in [-0.15, -0.1) is 0 Å². The number of H-pyrrole nitrogens is 1. The Morgan fingerprint density at radius 1 is 1.44 bits per heavy atom. The second-order valence-electron chi connectivity index (χ2n) is 3.59. The number of ether oxygens (including phenoxy) is 1. The minimum absolute atomic E-state index is 0.340. The number of fused-ring (bicyclic) bond motifs is 1. The monoisotopic (exact) mass is 237 g/mol. The Labute approximate surface area is 98.4 Å². The van der Waals surface area contributed by atoms with Gasteiger partial charge in [0.25, 0.3) is 0 Å². The number of hydrogen-bond acceptors (Lipinski definition) is 2. The second-order valence-corrected chi connectivity index (χ2v) is 4.00. The normalized spacial score (nSPS) is 10.7. The Morgan fingerprint density at radius 3 is 2.88 bits per heavy atom. The van der Waals surface area contributed by atoms with Crippen LogP contribution in [-0.4, -0.2) is 17.6 Å². The lowest BCUT2D eigenvalue weighted by Gasteiger charge is -1.97. The Kier molecular flexibility index (Phi) is 2.88. The number of aryl methyl sites for hydroxylation is 1. The van der Waals surface area contributed by atoms with E-state index in [4.69, 9.17) is 16.3 Å². The molecule has 16 heavy (non-hydrogen) atoms. The van der Waals surface area contributed by atoms with Gasteiger partial charge in [-0.3, -0.25) is 0 Å². The fourth-order valence-electron chi connectivity index (χ4n) is 1.58. The molecule has 0 atom stereocenters. The van der Waals surface area contributed by atoms with Crippen molar-refractivity contribution in [3.05, 3.63) is 34.5 Å². The van der Waals surface area contributed by atoms with Crippen molar-refractivity contribution in [1.82, 2.24) is 4.98 Å². The largest absolute Gasteiger partial charge is 0.461 e. The van der Waals surface area contributed by atoms with Crippen LogP contribution in [0.1, 0.15) is 23.0 Å². The summed E-state index contributed by atoms with van der Waals surface area (Å²) in [6, 6.07) is 5.50. The molecular formula is C12H12ClNO2. The van der Waals surface area contributed by atoms with Gasteiger partial charge >= 0.3 is 5.97 Å². The fraction of sp³-hybridized carbons (Fsp3) is 0.250. The lowest BCUT2D eigenvalue weighted by atomic mass is 10.2. The van der Waals surface area contributed by atoms with Gasteiger partial charge < -0.3 is 9.72 Å². The van der Waals surface area contributed by atoms with Crippen LogP contribution in [0.4, 0.5) is 0 Å². The van der Waals surface area contributed by atoms with Crippen LogP contribution in [-0.2, 0) is 4.74 Å². The number of carbonyl (C=O) groups is 1. The van der Waals surface area contributed by atoms with Crippen molar-refractivity contribution >= 4 is 28.5 Å². The summed E-state index contributed by atoms with van der Waals surface area (Å²) < 4.78 is 4.91. The number of benzene rings is 1. The molecule has 0 fully saturated rings. The van der Waals surface area contributed by atoms with Gasteiger partial charge in [0.15, 0.2) is 0 Å². The maximum atomic E-state index is 11.5. The van der Waals surface area contributed by atoms with E-state index in [0.29, 0.717) is 17.3 Å². The smallest absolute Gasteiger partial charge is 0.354 e. The van der Waals surface area contributed by atoms with Gasteiger partial charge in [-0.05, 0) is 37.6 Å². The third-order valence-corrected chi connectivity index (χ3v) is 2.80. The first-order valence-corrected chi connectivity index (χ1v) is 5.45. The molecule has 0 unspecified atom stereocenters. The number of nitrogens with one attached hydrogen (secondary N) is 1. The van der Waals surface area contributed by atoms with Crippen molar-refractivity contribution in [2.24, 2.45) is 0 Å². The minimum atomic E-state index is -0.340. The molecule has 2 rings (SSSR count). The number of hydrogen-bond donors (Lipinski definition) is 1. The van der Waals surface area contributed by atoms with Crippen LogP contribution in [0.15, 0.2) is 18.2 Å². The molecule has 0 saturated heterocycles. The molecule has 0 aliphatic heterocycles. The highest BCUT2D eigenvalue weighted by Gasteiger charge is 2.10. The molecule has 0 aliphatic carbocycles. The predicted molar refractivity (Wildman–Crippen MR) is 64.0 cm³/mol. The van der Waals surface area contributed by atoms with Crippen LogP contribution in [0.2, 0.25) is 5.02 Å². The van der Waals surface area contributed by atoms with Crippen LogP contribution in [0.25, 0.3) is 10.9 Å². The zero-order valence-corrected chi connectivity index (χ0v) is 9.89. The predicted octanol–water partition coefficient (Wildman–Crippen LogP) is 3.31. The molecule has 0 aliphatic rings. The van der Waals surface area contributed by atoms with Gasteiger partial charge in [0.2, 0.25) is 0 Å². The van der Waals surface area contributed by atoms with E-state index < -0.39 is 0 Å². The van der Waals surface area contributed by atoms with E-state index in [1.54, 1.807) is 13.0 Å². The number of carbonyl (C=O) groups excluding carboxylic acids is 1.